The number of amides is 4. The fourth-order valence-electron chi connectivity index (χ4n) is 2.40. The highest BCUT2D eigenvalue weighted by atomic mass is 79.9. The standard InChI is InChI=1S/C18H17BrN6O4S/c19-11-3-5-12(6-4-11)21-17(28)22-15(27)10-30-18-24-23-16(13-2-1-9-29-13)25(18)8-7-14(20)26/h1-6,9H,7-8,10H2,(H2,20,26)(H2,21,22,27,28). The zero-order valence-corrected chi connectivity index (χ0v) is 17.9. The third kappa shape index (κ3) is 5.94. The van der Waals surface area contributed by atoms with Crippen molar-refractivity contribution in [2.75, 3.05) is 11.1 Å². The van der Waals surface area contributed by atoms with Crippen LogP contribution in [0.1, 0.15) is 6.42 Å². The number of nitrogens with one attached hydrogen (secondary N) is 2. The Morgan fingerprint density at radius 3 is 2.60 bits per heavy atom. The van der Waals surface area contributed by atoms with E-state index in [1.54, 1.807) is 41.0 Å². The van der Waals surface area contributed by atoms with Crippen molar-refractivity contribution in [3.8, 4) is 11.6 Å². The van der Waals surface area contributed by atoms with E-state index in [0.29, 0.717) is 22.4 Å². The van der Waals surface area contributed by atoms with Crippen LogP contribution in [0.25, 0.3) is 11.6 Å². The van der Waals surface area contributed by atoms with Crippen molar-refractivity contribution in [2.24, 2.45) is 5.73 Å². The van der Waals surface area contributed by atoms with Gasteiger partial charge in [-0.3, -0.25) is 19.5 Å². The van der Waals surface area contributed by atoms with Gasteiger partial charge in [0.05, 0.1) is 12.0 Å². The molecule has 3 rings (SSSR count). The fourth-order valence-corrected chi connectivity index (χ4v) is 3.42. The molecule has 10 nitrogen and oxygen atoms in total. The lowest BCUT2D eigenvalue weighted by atomic mass is 10.3. The number of nitrogens with zero attached hydrogens (tertiary/aromatic N) is 3. The number of urea groups is 1. The Kier molecular flexibility index (Phi) is 7.25. The predicted octanol–water partition coefficient (Wildman–Crippen LogP) is 2.62. The first kappa shape index (κ1) is 21.6. The highest BCUT2D eigenvalue weighted by Gasteiger charge is 2.18. The van der Waals surface area contributed by atoms with E-state index in [1.165, 1.54) is 6.26 Å². The molecule has 0 radical (unpaired) electrons. The molecule has 0 fully saturated rings. The van der Waals surface area contributed by atoms with Crippen molar-refractivity contribution in [1.82, 2.24) is 20.1 Å². The van der Waals surface area contributed by atoms with Gasteiger partial charge in [-0.1, -0.05) is 27.7 Å². The Bertz CT molecular complexity index is 1040. The van der Waals surface area contributed by atoms with Gasteiger partial charge in [-0.15, -0.1) is 10.2 Å². The molecule has 0 bridgehead atoms. The van der Waals surface area contributed by atoms with Gasteiger partial charge in [-0.05, 0) is 36.4 Å². The second kappa shape index (κ2) is 10.1. The minimum absolute atomic E-state index is 0.0705. The van der Waals surface area contributed by atoms with E-state index in [9.17, 15) is 14.4 Å². The molecule has 2 aromatic heterocycles. The van der Waals surface area contributed by atoms with Crippen LogP contribution in [-0.4, -0.2) is 38.4 Å². The van der Waals surface area contributed by atoms with Gasteiger partial charge < -0.3 is 15.5 Å². The largest absolute Gasteiger partial charge is 0.461 e. The van der Waals surface area contributed by atoms with E-state index in [1.807, 2.05) is 0 Å². The monoisotopic (exact) mass is 492 g/mol. The first-order valence-electron chi connectivity index (χ1n) is 8.67. The quantitative estimate of drug-likeness (QED) is 0.409. The molecule has 0 aliphatic carbocycles. The van der Waals surface area contributed by atoms with Crippen LogP contribution in [0.4, 0.5) is 10.5 Å². The first-order chi connectivity index (χ1) is 14.4. The normalized spacial score (nSPS) is 10.6. The summed E-state index contributed by atoms with van der Waals surface area (Å²) in [5.41, 5.74) is 5.79. The molecule has 2 heterocycles. The van der Waals surface area contributed by atoms with Crippen LogP contribution in [0.2, 0.25) is 0 Å². The van der Waals surface area contributed by atoms with Crippen LogP contribution >= 0.6 is 27.7 Å². The fraction of sp³-hybridized carbons (Fsp3) is 0.167. The van der Waals surface area contributed by atoms with E-state index in [0.717, 1.165) is 16.2 Å². The van der Waals surface area contributed by atoms with Gasteiger partial charge in [0.1, 0.15) is 0 Å². The van der Waals surface area contributed by atoms with Gasteiger partial charge in [0.2, 0.25) is 11.8 Å². The number of carbonyl (C=O) groups excluding carboxylic acids is 3. The van der Waals surface area contributed by atoms with Crippen LogP contribution in [0.15, 0.2) is 56.7 Å². The van der Waals surface area contributed by atoms with E-state index >= 15 is 0 Å². The number of carbonyl (C=O) groups is 3. The second-order valence-electron chi connectivity index (χ2n) is 5.95. The summed E-state index contributed by atoms with van der Waals surface area (Å²) in [5, 5.41) is 13.3. The highest BCUT2D eigenvalue weighted by Crippen LogP contribution is 2.24. The zero-order chi connectivity index (χ0) is 21.5. The van der Waals surface area contributed by atoms with Crippen molar-refractivity contribution in [1.29, 1.82) is 0 Å². The van der Waals surface area contributed by atoms with Gasteiger partial charge in [0, 0.05) is 23.1 Å². The van der Waals surface area contributed by atoms with Crippen molar-refractivity contribution < 1.29 is 18.8 Å². The number of hydrogen-bond donors (Lipinski definition) is 3. The summed E-state index contributed by atoms with van der Waals surface area (Å²) >= 11 is 4.38. The van der Waals surface area contributed by atoms with E-state index in [4.69, 9.17) is 10.2 Å². The molecule has 3 aromatic rings. The maximum atomic E-state index is 12.1. The van der Waals surface area contributed by atoms with Crippen LogP contribution in [0, 0.1) is 0 Å². The van der Waals surface area contributed by atoms with Gasteiger partial charge >= 0.3 is 6.03 Å². The molecule has 30 heavy (non-hydrogen) atoms. The van der Waals surface area contributed by atoms with Crippen molar-refractivity contribution in [3.05, 3.63) is 47.1 Å². The molecule has 156 valence electrons. The number of benzene rings is 1. The minimum Gasteiger partial charge on any atom is -0.461 e. The Morgan fingerprint density at radius 2 is 1.93 bits per heavy atom. The summed E-state index contributed by atoms with van der Waals surface area (Å²) in [7, 11) is 0. The summed E-state index contributed by atoms with van der Waals surface area (Å²) < 4.78 is 7.85. The smallest absolute Gasteiger partial charge is 0.325 e. The molecule has 0 atom stereocenters. The molecule has 0 saturated heterocycles. The molecule has 1 aromatic carbocycles. The number of primary amides is 1. The molecule has 4 N–H and O–H groups in total. The number of furan rings is 1. The third-order valence-electron chi connectivity index (χ3n) is 3.73. The molecule has 12 heteroatoms. The number of aromatic nitrogens is 3. The first-order valence-corrected chi connectivity index (χ1v) is 10.4. The van der Waals surface area contributed by atoms with Crippen LogP contribution in [0.5, 0.6) is 0 Å². The average molecular weight is 493 g/mol. The van der Waals surface area contributed by atoms with Crippen LogP contribution < -0.4 is 16.4 Å². The number of thioether (sulfide) groups is 1. The highest BCUT2D eigenvalue weighted by molar-refractivity contribution is 9.10. The number of anilines is 1. The van der Waals surface area contributed by atoms with Gasteiger partial charge in [-0.25, -0.2) is 4.79 Å². The number of halogens is 1. The van der Waals surface area contributed by atoms with Crippen LogP contribution in [-0.2, 0) is 16.1 Å². The lowest BCUT2D eigenvalue weighted by molar-refractivity contribution is -0.118. The predicted molar refractivity (Wildman–Crippen MR) is 114 cm³/mol. The van der Waals surface area contributed by atoms with Gasteiger partial charge in [0.15, 0.2) is 16.7 Å². The molecule has 0 aliphatic heterocycles. The number of hydrogen-bond acceptors (Lipinski definition) is 7. The maximum absolute atomic E-state index is 12.1. The maximum Gasteiger partial charge on any atom is 0.325 e. The van der Waals surface area contributed by atoms with Crippen molar-refractivity contribution in [3.63, 3.8) is 0 Å². The third-order valence-corrected chi connectivity index (χ3v) is 5.22. The molecular formula is C18H17BrN6O4S. The van der Waals surface area contributed by atoms with Crippen LogP contribution in [0.3, 0.4) is 0 Å². The second-order valence-corrected chi connectivity index (χ2v) is 7.81. The molecule has 0 spiro atoms. The topological polar surface area (TPSA) is 145 Å². The number of nitrogens with two attached hydrogens (primary N) is 1. The van der Waals surface area contributed by atoms with Crippen molar-refractivity contribution in [2.45, 2.75) is 18.1 Å². The van der Waals surface area contributed by atoms with E-state index < -0.39 is 17.8 Å². The average Bonchev–Trinajstić information content (AvgIpc) is 3.35. The number of rotatable bonds is 8. The Balaban J connectivity index is 1.60. The Hall–Kier alpha value is -3.12. The molecule has 4 amide bonds. The zero-order valence-electron chi connectivity index (χ0n) is 15.5. The number of imide groups is 1. The summed E-state index contributed by atoms with van der Waals surface area (Å²) in [6.07, 6.45) is 1.56. The lowest BCUT2D eigenvalue weighted by Crippen LogP contribution is -2.35. The SMILES string of the molecule is NC(=O)CCn1c(SCC(=O)NC(=O)Nc2ccc(Br)cc2)nnc1-c1ccco1. The van der Waals surface area contributed by atoms with E-state index in [2.05, 4.69) is 36.8 Å². The van der Waals surface area contributed by atoms with E-state index in [-0.39, 0.29) is 18.7 Å². The molecular weight excluding hydrogens is 476 g/mol. The van der Waals surface area contributed by atoms with Gasteiger partial charge in [-0.2, -0.15) is 0 Å². The Labute approximate surface area is 183 Å². The molecule has 0 unspecified atom stereocenters. The summed E-state index contributed by atoms with van der Waals surface area (Å²) in [6.45, 7) is 0.229. The summed E-state index contributed by atoms with van der Waals surface area (Å²) in [6, 6.07) is 9.69. The lowest BCUT2D eigenvalue weighted by Gasteiger charge is -2.08. The molecule has 0 saturated carbocycles. The Morgan fingerprint density at radius 1 is 1.17 bits per heavy atom. The minimum atomic E-state index is -0.644. The summed E-state index contributed by atoms with van der Waals surface area (Å²) in [5.74, 6) is -0.194. The van der Waals surface area contributed by atoms with Gasteiger partial charge in [0.25, 0.3) is 0 Å². The van der Waals surface area contributed by atoms with Crippen molar-refractivity contribution >= 4 is 51.2 Å². The molecule has 0 aliphatic rings. The summed E-state index contributed by atoms with van der Waals surface area (Å²) in [4.78, 5) is 35.3.